The smallest absolute Gasteiger partial charge is 0.174 e. The Morgan fingerprint density at radius 1 is 1.06 bits per heavy atom. The molecule has 1 aliphatic heterocycles. The number of aryl methyl sites for hydroxylation is 1. The van der Waals surface area contributed by atoms with Crippen LogP contribution >= 0.6 is 12.2 Å². The Morgan fingerprint density at radius 2 is 1.88 bits per heavy atom. The molecule has 2 fully saturated rings. The normalized spacial score (nSPS) is 20.4. The second-order valence-corrected chi connectivity index (χ2v) is 8.85. The van der Waals surface area contributed by atoms with Gasteiger partial charge in [0.05, 0.1) is 37.7 Å². The first-order chi connectivity index (χ1) is 15.5. The third-order valence-electron chi connectivity index (χ3n) is 6.50. The van der Waals surface area contributed by atoms with Gasteiger partial charge in [-0.25, -0.2) is 0 Å². The molecule has 1 saturated heterocycles. The van der Waals surface area contributed by atoms with E-state index in [2.05, 4.69) is 45.7 Å². The van der Waals surface area contributed by atoms with Gasteiger partial charge in [0, 0.05) is 29.7 Å². The lowest BCUT2D eigenvalue weighted by Gasteiger charge is -2.29. The Kier molecular flexibility index (Phi) is 5.29. The molecule has 2 atom stereocenters. The summed E-state index contributed by atoms with van der Waals surface area (Å²) in [6, 6.07) is 14.7. The van der Waals surface area contributed by atoms with Gasteiger partial charge in [-0.3, -0.25) is 4.98 Å². The predicted octanol–water partition coefficient (Wildman–Crippen LogP) is 5.03. The van der Waals surface area contributed by atoms with Gasteiger partial charge in [0.15, 0.2) is 5.11 Å². The Hall–Kier alpha value is -3.06. The number of nitrogens with one attached hydrogen (secondary N) is 1. The van der Waals surface area contributed by atoms with Crippen molar-refractivity contribution in [2.75, 3.05) is 19.1 Å². The summed E-state index contributed by atoms with van der Waals surface area (Å²) in [4.78, 5) is 6.84. The fourth-order valence-electron chi connectivity index (χ4n) is 4.91. The van der Waals surface area contributed by atoms with E-state index in [1.165, 1.54) is 29.8 Å². The molecule has 0 spiro atoms. The van der Waals surface area contributed by atoms with E-state index < -0.39 is 0 Å². The molecule has 0 amide bonds. The predicted molar refractivity (Wildman–Crippen MR) is 130 cm³/mol. The lowest BCUT2D eigenvalue weighted by molar-refractivity contribution is 0.394. The zero-order valence-corrected chi connectivity index (χ0v) is 19.6. The molecular formula is C25H28N4O2S. The van der Waals surface area contributed by atoms with Crippen molar-refractivity contribution in [3.63, 3.8) is 0 Å². The second-order valence-electron chi connectivity index (χ2n) is 8.46. The summed E-state index contributed by atoms with van der Waals surface area (Å²) in [5.74, 6) is 1.46. The van der Waals surface area contributed by atoms with Crippen LogP contribution < -0.4 is 19.7 Å². The molecule has 7 heteroatoms. The zero-order valence-electron chi connectivity index (χ0n) is 18.8. The fourth-order valence-corrected chi connectivity index (χ4v) is 5.25. The highest BCUT2D eigenvalue weighted by Gasteiger charge is 2.43. The van der Waals surface area contributed by atoms with Crippen LogP contribution in [0.2, 0.25) is 0 Å². The number of hydrogen-bond donors (Lipinski definition) is 1. The van der Waals surface area contributed by atoms with Crippen LogP contribution in [0.25, 0.3) is 0 Å². The highest BCUT2D eigenvalue weighted by molar-refractivity contribution is 7.80. The van der Waals surface area contributed by atoms with Crippen molar-refractivity contribution in [3.05, 3.63) is 71.3 Å². The molecule has 0 bridgehead atoms. The van der Waals surface area contributed by atoms with Crippen LogP contribution in [0.3, 0.4) is 0 Å². The zero-order chi connectivity index (χ0) is 22.4. The SMILES string of the molecule is COc1ccc(N2C(=S)N[C@H](c3ccccn3)[C@H]2c2cc(C)n(C3CC3)c2C)c(OC)c1. The number of rotatable bonds is 6. The summed E-state index contributed by atoms with van der Waals surface area (Å²) in [6.07, 6.45) is 4.33. The summed E-state index contributed by atoms with van der Waals surface area (Å²) < 4.78 is 13.6. The number of pyridine rings is 1. The minimum Gasteiger partial charge on any atom is -0.497 e. The van der Waals surface area contributed by atoms with Gasteiger partial charge in [-0.15, -0.1) is 0 Å². The maximum atomic E-state index is 5.89. The number of aromatic nitrogens is 2. The van der Waals surface area contributed by atoms with Gasteiger partial charge >= 0.3 is 0 Å². The Balaban J connectivity index is 1.68. The Labute approximate surface area is 194 Å². The highest BCUT2D eigenvalue weighted by atomic mass is 32.1. The van der Waals surface area contributed by atoms with Crippen molar-refractivity contribution < 1.29 is 9.47 Å². The van der Waals surface area contributed by atoms with Crippen LogP contribution in [0, 0.1) is 13.8 Å². The first-order valence-electron chi connectivity index (χ1n) is 10.9. The third kappa shape index (κ3) is 3.41. The number of anilines is 1. The van der Waals surface area contributed by atoms with E-state index in [0.29, 0.717) is 11.2 Å². The first kappa shape index (κ1) is 20.8. The van der Waals surface area contributed by atoms with Crippen LogP contribution in [0.5, 0.6) is 11.5 Å². The second kappa shape index (κ2) is 8.13. The highest BCUT2D eigenvalue weighted by Crippen LogP contribution is 2.48. The molecule has 1 saturated carbocycles. The van der Waals surface area contributed by atoms with Crippen LogP contribution in [0.1, 0.15) is 53.6 Å². The molecule has 1 aromatic carbocycles. The van der Waals surface area contributed by atoms with E-state index in [0.717, 1.165) is 22.9 Å². The Morgan fingerprint density at radius 3 is 2.53 bits per heavy atom. The van der Waals surface area contributed by atoms with Crippen molar-refractivity contribution in [2.24, 2.45) is 0 Å². The van der Waals surface area contributed by atoms with Crippen LogP contribution in [0.4, 0.5) is 5.69 Å². The average molecular weight is 449 g/mol. The van der Waals surface area contributed by atoms with Gasteiger partial charge in [0.2, 0.25) is 0 Å². The van der Waals surface area contributed by atoms with Crippen LogP contribution in [0.15, 0.2) is 48.7 Å². The van der Waals surface area contributed by atoms with E-state index in [1.54, 1.807) is 14.2 Å². The molecule has 0 unspecified atom stereocenters. The van der Waals surface area contributed by atoms with Gasteiger partial charge in [0.25, 0.3) is 0 Å². The molecule has 166 valence electrons. The standard InChI is InChI=1S/C25H28N4O2S/c1-15-13-19(16(2)28(15)17-8-9-17)24-23(20-7-5-6-12-26-20)27-25(32)29(24)21-11-10-18(30-3)14-22(21)31-4/h5-7,10-14,17,23-24H,8-9H2,1-4H3,(H,27,32)/t23-,24-/m1/s1. The van der Waals surface area contributed by atoms with E-state index in [-0.39, 0.29) is 12.1 Å². The maximum Gasteiger partial charge on any atom is 0.174 e. The van der Waals surface area contributed by atoms with Crippen LogP contribution in [-0.2, 0) is 0 Å². The number of ether oxygens (including phenoxy) is 2. The monoisotopic (exact) mass is 448 g/mol. The lowest BCUT2D eigenvalue weighted by atomic mass is 9.96. The molecule has 6 nitrogen and oxygen atoms in total. The van der Waals surface area contributed by atoms with Gasteiger partial charge in [0.1, 0.15) is 11.5 Å². The van der Waals surface area contributed by atoms with E-state index in [1.807, 2.05) is 36.5 Å². The van der Waals surface area contributed by atoms with E-state index in [9.17, 15) is 0 Å². The molecule has 1 N–H and O–H groups in total. The topological polar surface area (TPSA) is 51.5 Å². The average Bonchev–Trinajstić information content (AvgIpc) is 3.52. The van der Waals surface area contributed by atoms with Gasteiger partial charge < -0.3 is 24.3 Å². The first-order valence-corrected chi connectivity index (χ1v) is 11.3. The quantitative estimate of drug-likeness (QED) is 0.534. The molecule has 2 aromatic heterocycles. The number of thiocarbonyl (C=S) groups is 1. The van der Waals surface area contributed by atoms with Crippen molar-refractivity contribution in [2.45, 2.75) is 44.8 Å². The molecule has 3 heterocycles. The Bertz CT molecular complexity index is 1160. The molecular weight excluding hydrogens is 420 g/mol. The summed E-state index contributed by atoms with van der Waals surface area (Å²) in [5, 5.41) is 4.20. The van der Waals surface area contributed by atoms with Crippen molar-refractivity contribution in [3.8, 4) is 11.5 Å². The van der Waals surface area contributed by atoms with Crippen molar-refractivity contribution in [1.29, 1.82) is 0 Å². The summed E-state index contributed by atoms with van der Waals surface area (Å²) in [7, 11) is 3.33. The van der Waals surface area contributed by atoms with Crippen LogP contribution in [-0.4, -0.2) is 28.9 Å². The number of methoxy groups -OCH3 is 2. The lowest BCUT2D eigenvalue weighted by Crippen LogP contribution is -2.30. The molecule has 5 rings (SSSR count). The van der Waals surface area contributed by atoms with Crippen molar-refractivity contribution in [1.82, 2.24) is 14.9 Å². The molecule has 0 radical (unpaired) electrons. The number of nitrogens with zero attached hydrogens (tertiary/aromatic N) is 3. The summed E-state index contributed by atoms with van der Waals surface area (Å²) in [5.41, 5.74) is 5.71. The van der Waals surface area contributed by atoms with Gasteiger partial charge in [-0.2, -0.15) is 0 Å². The third-order valence-corrected chi connectivity index (χ3v) is 6.81. The molecule has 32 heavy (non-hydrogen) atoms. The minimum atomic E-state index is -0.0799. The molecule has 2 aliphatic rings. The number of benzene rings is 1. The number of hydrogen-bond acceptors (Lipinski definition) is 4. The molecule has 3 aromatic rings. The van der Waals surface area contributed by atoms with E-state index >= 15 is 0 Å². The van der Waals surface area contributed by atoms with Crippen molar-refractivity contribution >= 4 is 23.0 Å². The van der Waals surface area contributed by atoms with E-state index in [4.69, 9.17) is 21.7 Å². The van der Waals surface area contributed by atoms with Gasteiger partial charge in [-0.1, -0.05) is 6.07 Å². The molecule has 1 aliphatic carbocycles. The fraction of sp³-hybridized carbons (Fsp3) is 0.360. The largest absolute Gasteiger partial charge is 0.497 e. The minimum absolute atomic E-state index is 0.0570. The summed E-state index contributed by atoms with van der Waals surface area (Å²) >= 11 is 5.89. The summed E-state index contributed by atoms with van der Waals surface area (Å²) in [6.45, 7) is 4.42. The van der Waals surface area contributed by atoms with Gasteiger partial charge in [-0.05, 0) is 74.8 Å². The maximum absolute atomic E-state index is 5.89.